The van der Waals surface area contributed by atoms with Crippen molar-refractivity contribution in [1.82, 2.24) is 4.31 Å². The summed E-state index contributed by atoms with van der Waals surface area (Å²) in [7, 11) is -3.44. The van der Waals surface area contributed by atoms with Crippen LogP contribution in [0.4, 0.5) is 0 Å². The van der Waals surface area contributed by atoms with E-state index >= 15 is 0 Å². The highest BCUT2D eigenvalue weighted by Crippen LogP contribution is 2.23. The standard InChI is InChI=1S/C9H14N2O2S3/c1-3-11(6-8(10)14)16(12,13)9-5-4-7(2)15-9/h4-5H,3,6H2,1-2H3,(H2,10,14). The molecule has 1 aromatic heterocycles. The Labute approximate surface area is 105 Å². The molecule has 0 unspecified atom stereocenters. The molecule has 1 aromatic rings. The van der Waals surface area contributed by atoms with Crippen molar-refractivity contribution in [2.24, 2.45) is 5.73 Å². The molecule has 4 nitrogen and oxygen atoms in total. The van der Waals surface area contributed by atoms with Gasteiger partial charge in [-0.25, -0.2) is 8.42 Å². The molecular formula is C9H14N2O2S3. The minimum absolute atomic E-state index is 0.0884. The number of thiocarbonyl (C=S) groups is 1. The van der Waals surface area contributed by atoms with E-state index in [4.69, 9.17) is 18.0 Å². The van der Waals surface area contributed by atoms with E-state index in [1.165, 1.54) is 15.6 Å². The van der Waals surface area contributed by atoms with Gasteiger partial charge in [0.25, 0.3) is 10.0 Å². The van der Waals surface area contributed by atoms with Gasteiger partial charge in [-0.05, 0) is 19.1 Å². The van der Waals surface area contributed by atoms with Crippen LogP contribution in [0, 0.1) is 6.92 Å². The van der Waals surface area contributed by atoms with Crippen LogP contribution in [-0.4, -0.2) is 30.8 Å². The lowest BCUT2D eigenvalue weighted by atomic mass is 10.5. The van der Waals surface area contributed by atoms with Crippen LogP contribution in [0.3, 0.4) is 0 Å². The SMILES string of the molecule is CCN(CC(N)=S)S(=O)(=O)c1ccc(C)s1. The molecule has 0 aliphatic rings. The summed E-state index contributed by atoms with van der Waals surface area (Å²) >= 11 is 5.99. The molecule has 2 N–H and O–H groups in total. The van der Waals surface area contributed by atoms with Gasteiger partial charge in [-0.1, -0.05) is 19.1 Å². The van der Waals surface area contributed by atoms with E-state index in [0.717, 1.165) is 4.88 Å². The van der Waals surface area contributed by atoms with E-state index in [-0.39, 0.29) is 11.5 Å². The normalized spacial score (nSPS) is 11.9. The summed E-state index contributed by atoms with van der Waals surface area (Å²) in [6, 6.07) is 3.39. The van der Waals surface area contributed by atoms with Crippen LogP contribution in [0.1, 0.15) is 11.8 Å². The molecule has 0 saturated heterocycles. The van der Waals surface area contributed by atoms with Gasteiger partial charge in [-0.2, -0.15) is 4.31 Å². The van der Waals surface area contributed by atoms with Gasteiger partial charge in [0.05, 0.1) is 11.5 Å². The third-order valence-corrected chi connectivity index (χ3v) is 5.51. The summed E-state index contributed by atoms with van der Waals surface area (Å²) in [5.74, 6) is 0. The molecular weight excluding hydrogens is 264 g/mol. The lowest BCUT2D eigenvalue weighted by Gasteiger charge is -2.18. The summed E-state index contributed by atoms with van der Waals surface area (Å²) < 4.78 is 25.9. The average molecular weight is 278 g/mol. The highest BCUT2D eigenvalue weighted by atomic mass is 32.2. The van der Waals surface area contributed by atoms with E-state index in [1.807, 2.05) is 6.92 Å². The van der Waals surface area contributed by atoms with Gasteiger partial charge in [0.2, 0.25) is 0 Å². The number of rotatable bonds is 5. The number of aryl methyl sites for hydroxylation is 1. The van der Waals surface area contributed by atoms with Gasteiger partial charge < -0.3 is 5.73 Å². The van der Waals surface area contributed by atoms with E-state index in [9.17, 15) is 8.42 Å². The molecule has 0 aliphatic heterocycles. The van der Waals surface area contributed by atoms with Crippen molar-refractivity contribution in [3.05, 3.63) is 17.0 Å². The quantitative estimate of drug-likeness (QED) is 0.826. The molecule has 1 heterocycles. The molecule has 16 heavy (non-hydrogen) atoms. The van der Waals surface area contributed by atoms with Crippen LogP contribution in [0.5, 0.6) is 0 Å². The predicted molar refractivity (Wildman–Crippen MR) is 70.3 cm³/mol. The zero-order valence-corrected chi connectivity index (χ0v) is 11.6. The van der Waals surface area contributed by atoms with E-state index in [1.54, 1.807) is 19.1 Å². The Morgan fingerprint density at radius 2 is 2.19 bits per heavy atom. The fraction of sp³-hybridized carbons (Fsp3) is 0.444. The Morgan fingerprint density at radius 3 is 2.56 bits per heavy atom. The number of hydrogen-bond donors (Lipinski definition) is 1. The molecule has 0 fully saturated rings. The Kier molecular flexibility index (Phi) is 4.43. The highest BCUT2D eigenvalue weighted by molar-refractivity contribution is 7.91. The third kappa shape index (κ3) is 3.00. The van der Waals surface area contributed by atoms with Gasteiger partial charge in [0.1, 0.15) is 4.21 Å². The first-order valence-corrected chi connectivity index (χ1v) is 7.39. The van der Waals surface area contributed by atoms with Crippen molar-refractivity contribution < 1.29 is 8.42 Å². The monoisotopic (exact) mass is 278 g/mol. The van der Waals surface area contributed by atoms with Crippen molar-refractivity contribution >= 4 is 38.6 Å². The summed E-state index contributed by atoms with van der Waals surface area (Å²) in [4.78, 5) is 1.14. The van der Waals surface area contributed by atoms with Gasteiger partial charge in [-0.3, -0.25) is 0 Å². The molecule has 0 amide bonds. The van der Waals surface area contributed by atoms with Crippen LogP contribution in [0.15, 0.2) is 16.3 Å². The number of nitrogens with two attached hydrogens (primary N) is 1. The fourth-order valence-corrected chi connectivity index (χ4v) is 4.32. The second-order valence-corrected chi connectivity index (χ2v) is 7.24. The molecule has 90 valence electrons. The summed E-state index contributed by atoms with van der Waals surface area (Å²) in [6.07, 6.45) is 0. The Morgan fingerprint density at radius 1 is 1.56 bits per heavy atom. The number of thiophene rings is 1. The smallest absolute Gasteiger partial charge is 0.252 e. The maximum atomic E-state index is 12.1. The topological polar surface area (TPSA) is 63.4 Å². The molecule has 0 radical (unpaired) electrons. The lowest BCUT2D eigenvalue weighted by molar-refractivity contribution is 0.469. The van der Waals surface area contributed by atoms with Crippen LogP contribution in [0.2, 0.25) is 0 Å². The number of likely N-dealkylation sites (N-methyl/N-ethyl adjacent to an activating group) is 1. The minimum atomic E-state index is -3.44. The second-order valence-electron chi connectivity index (χ2n) is 3.26. The Hall–Kier alpha value is -0.500. The van der Waals surface area contributed by atoms with Crippen molar-refractivity contribution in [3.8, 4) is 0 Å². The first-order chi connectivity index (χ1) is 7.37. The second kappa shape index (κ2) is 5.22. The number of hydrogen-bond acceptors (Lipinski definition) is 4. The van der Waals surface area contributed by atoms with Crippen molar-refractivity contribution in [2.45, 2.75) is 18.1 Å². The molecule has 0 atom stereocenters. The molecule has 0 spiro atoms. The first-order valence-electron chi connectivity index (χ1n) is 4.72. The maximum absolute atomic E-state index is 12.1. The van der Waals surface area contributed by atoms with E-state index in [0.29, 0.717) is 10.8 Å². The summed E-state index contributed by atoms with van der Waals surface area (Å²) in [6.45, 7) is 4.07. The van der Waals surface area contributed by atoms with E-state index in [2.05, 4.69) is 0 Å². The van der Waals surface area contributed by atoms with Crippen molar-refractivity contribution in [3.63, 3.8) is 0 Å². The molecule has 0 aromatic carbocycles. The number of nitrogens with zero attached hydrogens (tertiary/aromatic N) is 1. The average Bonchev–Trinajstić information content (AvgIpc) is 2.61. The van der Waals surface area contributed by atoms with Crippen LogP contribution in [0.25, 0.3) is 0 Å². The third-order valence-electron chi connectivity index (χ3n) is 1.99. The van der Waals surface area contributed by atoms with Crippen molar-refractivity contribution in [1.29, 1.82) is 0 Å². The molecule has 0 saturated carbocycles. The number of sulfonamides is 1. The zero-order valence-electron chi connectivity index (χ0n) is 9.13. The Balaban J connectivity index is 3.04. The minimum Gasteiger partial charge on any atom is -0.392 e. The molecule has 0 aliphatic carbocycles. The molecule has 0 bridgehead atoms. The lowest BCUT2D eigenvalue weighted by Crippen LogP contribution is -2.37. The maximum Gasteiger partial charge on any atom is 0.252 e. The zero-order chi connectivity index (χ0) is 12.3. The molecule has 7 heteroatoms. The van der Waals surface area contributed by atoms with Crippen LogP contribution < -0.4 is 5.73 Å². The van der Waals surface area contributed by atoms with Gasteiger partial charge >= 0.3 is 0 Å². The predicted octanol–water partition coefficient (Wildman–Crippen LogP) is 1.35. The largest absolute Gasteiger partial charge is 0.392 e. The van der Waals surface area contributed by atoms with Gasteiger partial charge in [0.15, 0.2) is 0 Å². The Bertz CT molecular complexity index is 479. The van der Waals surface area contributed by atoms with Crippen LogP contribution in [-0.2, 0) is 10.0 Å². The molecule has 1 rings (SSSR count). The van der Waals surface area contributed by atoms with Gasteiger partial charge in [0, 0.05) is 11.4 Å². The van der Waals surface area contributed by atoms with Crippen molar-refractivity contribution in [2.75, 3.05) is 13.1 Å². The van der Waals surface area contributed by atoms with Gasteiger partial charge in [-0.15, -0.1) is 11.3 Å². The fourth-order valence-electron chi connectivity index (χ4n) is 1.22. The highest BCUT2D eigenvalue weighted by Gasteiger charge is 2.24. The van der Waals surface area contributed by atoms with Crippen LogP contribution >= 0.6 is 23.6 Å². The summed E-state index contributed by atoms with van der Waals surface area (Å²) in [5.41, 5.74) is 5.38. The van der Waals surface area contributed by atoms with E-state index < -0.39 is 10.0 Å². The first kappa shape index (κ1) is 13.6. The summed E-state index contributed by atoms with van der Waals surface area (Å²) in [5, 5.41) is 0.